The summed E-state index contributed by atoms with van der Waals surface area (Å²) in [6.45, 7) is 3.97. The molecule has 7 heteroatoms. The summed E-state index contributed by atoms with van der Waals surface area (Å²) < 4.78 is 14.6. The normalized spacial score (nSPS) is 10.5. The maximum atomic E-state index is 12.8. The van der Waals surface area contributed by atoms with Gasteiger partial charge in [0.2, 0.25) is 0 Å². The molecule has 0 aliphatic rings. The van der Waals surface area contributed by atoms with Crippen molar-refractivity contribution in [1.82, 2.24) is 20.4 Å². The van der Waals surface area contributed by atoms with E-state index >= 15 is 0 Å². The molecule has 0 amide bonds. The van der Waals surface area contributed by atoms with Gasteiger partial charge in [-0.3, -0.25) is 4.68 Å². The second-order valence-electron chi connectivity index (χ2n) is 4.91. The summed E-state index contributed by atoms with van der Waals surface area (Å²) in [6.07, 6.45) is 2.71. The molecule has 2 aromatic rings. The third-order valence-corrected chi connectivity index (χ3v) is 3.76. The van der Waals surface area contributed by atoms with Crippen LogP contribution in [0.15, 0.2) is 30.5 Å². The molecule has 0 bridgehead atoms. The van der Waals surface area contributed by atoms with Crippen molar-refractivity contribution in [2.75, 3.05) is 6.54 Å². The summed E-state index contributed by atoms with van der Waals surface area (Å²) in [4.78, 5) is 0. The van der Waals surface area contributed by atoms with Crippen LogP contribution in [0.3, 0.4) is 0 Å². The van der Waals surface area contributed by atoms with Crippen LogP contribution in [0, 0.1) is 12.7 Å². The molecule has 1 aromatic heterocycles. The third-order valence-electron chi connectivity index (χ3n) is 3.10. The summed E-state index contributed by atoms with van der Waals surface area (Å²) >= 11 is 11.1. The van der Waals surface area contributed by atoms with Crippen LogP contribution in [-0.2, 0) is 13.1 Å². The second-order valence-corrected chi connectivity index (χ2v) is 5.73. The lowest BCUT2D eigenvalue weighted by molar-refractivity contribution is 0.568. The number of aromatic nitrogens is 2. The summed E-state index contributed by atoms with van der Waals surface area (Å²) in [5, 5.41) is 11.8. The fourth-order valence-corrected chi connectivity index (χ4v) is 2.22. The standard InChI is InChI=1S/C15H18ClFN4S/c1-11-14(16)10-21(20-11)8-2-7-18-15(22)19-9-12-3-5-13(17)6-4-12/h3-6,10H,2,7-9H2,1H3,(H2,18,19,22). The monoisotopic (exact) mass is 340 g/mol. The van der Waals surface area contributed by atoms with Crippen molar-refractivity contribution in [3.8, 4) is 0 Å². The number of nitrogens with zero attached hydrogens (tertiary/aromatic N) is 2. The zero-order valence-electron chi connectivity index (χ0n) is 12.3. The molecule has 1 heterocycles. The van der Waals surface area contributed by atoms with E-state index in [1.807, 2.05) is 17.8 Å². The van der Waals surface area contributed by atoms with E-state index in [9.17, 15) is 4.39 Å². The average Bonchev–Trinajstić information content (AvgIpc) is 2.82. The highest BCUT2D eigenvalue weighted by atomic mass is 35.5. The maximum Gasteiger partial charge on any atom is 0.166 e. The SMILES string of the molecule is Cc1nn(CCCNC(=S)NCc2ccc(F)cc2)cc1Cl. The van der Waals surface area contributed by atoms with E-state index < -0.39 is 0 Å². The summed E-state index contributed by atoms with van der Waals surface area (Å²) in [5.74, 6) is -0.238. The first-order valence-corrected chi connectivity index (χ1v) is 7.79. The van der Waals surface area contributed by atoms with Crippen LogP contribution in [-0.4, -0.2) is 21.4 Å². The summed E-state index contributed by atoms with van der Waals surface area (Å²) in [5.41, 5.74) is 1.82. The molecule has 2 rings (SSSR count). The molecule has 0 saturated heterocycles. The largest absolute Gasteiger partial charge is 0.363 e. The zero-order valence-corrected chi connectivity index (χ0v) is 13.8. The van der Waals surface area contributed by atoms with Crippen LogP contribution in [0.4, 0.5) is 4.39 Å². The van der Waals surface area contributed by atoms with Crippen LogP contribution in [0.25, 0.3) is 0 Å². The van der Waals surface area contributed by atoms with E-state index in [1.165, 1.54) is 12.1 Å². The third kappa shape index (κ3) is 5.27. The summed E-state index contributed by atoms with van der Waals surface area (Å²) in [6, 6.07) is 6.33. The molecule has 0 spiro atoms. The van der Waals surface area contributed by atoms with Gasteiger partial charge in [-0.2, -0.15) is 5.10 Å². The average molecular weight is 341 g/mol. The van der Waals surface area contributed by atoms with Crippen molar-refractivity contribution in [2.45, 2.75) is 26.4 Å². The quantitative estimate of drug-likeness (QED) is 0.626. The first-order valence-electron chi connectivity index (χ1n) is 7.00. The van der Waals surface area contributed by atoms with E-state index in [1.54, 1.807) is 12.1 Å². The Bertz CT molecular complexity index is 607. The molecule has 118 valence electrons. The molecule has 0 radical (unpaired) electrons. The molecule has 4 nitrogen and oxygen atoms in total. The number of halogens is 2. The van der Waals surface area contributed by atoms with E-state index in [2.05, 4.69) is 15.7 Å². The fraction of sp³-hybridized carbons (Fsp3) is 0.333. The lowest BCUT2D eigenvalue weighted by Crippen LogP contribution is -2.35. The highest BCUT2D eigenvalue weighted by molar-refractivity contribution is 7.80. The first-order chi connectivity index (χ1) is 10.5. The fourth-order valence-electron chi connectivity index (χ4n) is 1.90. The van der Waals surface area contributed by atoms with Crippen LogP contribution in [0.1, 0.15) is 17.7 Å². The molecular weight excluding hydrogens is 323 g/mol. The minimum Gasteiger partial charge on any atom is -0.363 e. The Balaban J connectivity index is 1.62. The predicted molar refractivity (Wildman–Crippen MR) is 90.4 cm³/mol. The number of thiocarbonyl (C=S) groups is 1. The topological polar surface area (TPSA) is 41.9 Å². The highest BCUT2D eigenvalue weighted by Gasteiger charge is 2.01. The number of hydrogen-bond acceptors (Lipinski definition) is 2. The minimum atomic E-state index is -0.238. The van der Waals surface area contributed by atoms with Gasteiger partial charge in [0.05, 0.1) is 10.7 Å². The molecule has 0 aliphatic heterocycles. The Morgan fingerprint density at radius 1 is 1.32 bits per heavy atom. The van der Waals surface area contributed by atoms with E-state index in [0.29, 0.717) is 16.7 Å². The van der Waals surface area contributed by atoms with Gasteiger partial charge in [-0.1, -0.05) is 23.7 Å². The van der Waals surface area contributed by atoms with E-state index in [4.69, 9.17) is 23.8 Å². The molecule has 0 aliphatic carbocycles. The predicted octanol–water partition coefficient (Wildman–Crippen LogP) is 3.04. The molecule has 1 aromatic carbocycles. The second kappa shape index (κ2) is 8.10. The number of benzene rings is 1. The Kier molecular flexibility index (Phi) is 6.15. The van der Waals surface area contributed by atoms with Crippen molar-refractivity contribution in [3.05, 3.63) is 52.6 Å². The Morgan fingerprint density at radius 3 is 2.68 bits per heavy atom. The molecule has 0 unspecified atom stereocenters. The number of nitrogens with one attached hydrogen (secondary N) is 2. The summed E-state index contributed by atoms with van der Waals surface area (Å²) in [7, 11) is 0. The van der Waals surface area contributed by atoms with Crippen molar-refractivity contribution in [3.63, 3.8) is 0 Å². The van der Waals surface area contributed by atoms with Gasteiger partial charge in [0.15, 0.2) is 5.11 Å². The van der Waals surface area contributed by atoms with Gasteiger partial charge in [-0.25, -0.2) is 4.39 Å². The molecular formula is C15H18ClFN4S. The Morgan fingerprint density at radius 2 is 2.05 bits per heavy atom. The number of hydrogen-bond donors (Lipinski definition) is 2. The van der Waals surface area contributed by atoms with Crippen molar-refractivity contribution in [2.24, 2.45) is 0 Å². The Labute approximate surface area is 139 Å². The van der Waals surface area contributed by atoms with Gasteiger partial charge in [-0.15, -0.1) is 0 Å². The Hall–Kier alpha value is -1.66. The van der Waals surface area contributed by atoms with E-state index in [-0.39, 0.29) is 5.82 Å². The minimum absolute atomic E-state index is 0.238. The van der Waals surface area contributed by atoms with Gasteiger partial charge in [-0.05, 0) is 43.3 Å². The van der Waals surface area contributed by atoms with Crippen LogP contribution in [0.5, 0.6) is 0 Å². The molecule has 0 atom stereocenters. The van der Waals surface area contributed by atoms with Crippen LogP contribution in [0.2, 0.25) is 5.02 Å². The van der Waals surface area contributed by atoms with Gasteiger partial charge in [0, 0.05) is 25.8 Å². The first kappa shape index (κ1) is 16.7. The molecule has 0 fully saturated rings. The van der Waals surface area contributed by atoms with Gasteiger partial charge in [0.1, 0.15) is 5.82 Å². The van der Waals surface area contributed by atoms with Gasteiger partial charge < -0.3 is 10.6 Å². The zero-order chi connectivity index (χ0) is 15.9. The number of rotatable bonds is 6. The van der Waals surface area contributed by atoms with Crippen molar-refractivity contribution in [1.29, 1.82) is 0 Å². The van der Waals surface area contributed by atoms with Crippen LogP contribution >= 0.6 is 23.8 Å². The lowest BCUT2D eigenvalue weighted by Gasteiger charge is -2.10. The highest BCUT2D eigenvalue weighted by Crippen LogP contribution is 2.11. The maximum absolute atomic E-state index is 12.8. The van der Waals surface area contributed by atoms with Crippen molar-refractivity contribution < 1.29 is 4.39 Å². The molecule has 0 saturated carbocycles. The van der Waals surface area contributed by atoms with Crippen LogP contribution < -0.4 is 10.6 Å². The van der Waals surface area contributed by atoms with Gasteiger partial charge >= 0.3 is 0 Å². The number of aryl methyl sites for hydroxylation is 2. The smallest absolute Gasteiger partial charge is 0.166 e. The molecule has 2 N–H and O–H groups in total. The van der Waals surface area contributed by atoms with Crippen molar-refractivity contribution >= 4 is 28.9 Å². The van der Waals surface area contributed by atoms with E-state index in [0.717, 1.165) is 30.8 Å². The molecule has 22 heavy (non-hydrogen) atoms. The lowest BCUT2D eigenvalue weighted by atomic mass is 10.2. The van der Waals surface area contributed by atoms with Gasteiger partial charge in [0.25, 0.3) is 0 Å².